The van der Waals surface area contributed by atoms with Gasteiger partial charge in [0.1, 0.15) is 39.5 Å². The van der Waals surface area contributed by atoms with Crippen LogP contribution < -0.4 is 25.4 Å². The molecule has 1 saturated carbocycles. The first-order valence-electron chi connectivity index (χ1n) is 11.3. The van der Waals surface area contributed by atoms with E-state index in [1.807, 2.05) is 18.2 Å². The fourth-order valence-corrected chi connectivity index (χ4v) is 4.74. The van der Waals surface area contributed by atoms with Gasteiger partial charge < -0.3 is 25.4 Å². The fraction of sp³-hybridized carbons (Fsp3) is 0.280. The number of aromatic nitrogens is 3. The second-order valence-electron chi connectivity index (χ2n) is 8.10. The van der Waals surface area contributed by atoms with Gasteiger partial charge in [0.15, 0.2) is 0 Å². The van der Waals surface area contributed by atoms with E-state index in [2.05, 4.69) is 37.5 Å². The second-order valence-corrected chi connectivity index (χ2v) is 8.85. The van der Waals surface area contributed by atoms with E-state index in [9.17, 15) is 4.79 Å². The lowest BCUT2D eigenvalue weighted by molar-refractivity contribution is -0.117. The molecule has 1 aliphatic carbocycles. The number of ether oxygens (including phenoxy) is 2. The Balaban J connectivity index is 1.63. The van der Waals surface area contributed by atoms with Crippen molar-refractivity contribution >= 4 is 46.4 Å². The summed E-state index contributed by atoms with van der Waals surface area (Å²) in [6.45, 7) is 3.53. The third-order valence-corrected chi connectivity index (χ3v) is 6.68. The SMILES string of the molecule is C=CC(=O)NC1CCCC1Nc1cc(-c2cccnc2Nc2c(Cl)c(OC)cc(OC)c2Cl)ncn1. The Hall–Kier alpha value is -3.56. The first-order valence-corrected chi connectivity index (χ1v) is 12.0. The van der Waals surface area contributed by atoms with Crippen molar-refractivity contribution < 1.29 is 14.3 Å². The van der Waals surface area contributed by atoms with Crippen molar-refractivity contribution in [2.45, 2.75) is 31.3 Å². The number of benzene rings is 1. The van der Waals surface area contributed by atoms with Gasteiger partial charge >= 0.3 is 0 Å². The Morgan fingerprint density at radius 1 is 1.08 bits per heavy atom. The maximum atomic E-state index is 11.8. The van der Waals surface area contributed by atoms with Crippen LogP contribution in [0.25, 0.3) is 11.3 Å². The second kappa shape index (κ2) is 11.5. The molecule has 36 heavy (non-hydrogen) atoms. The van der Waals surface area contributed by atoms with E-state index in [0.717, 1.165) is 19.3 Å². The van der Waals surface area contributed by atoms with E-state index in [1.54, 1.807) is 12.3 Å². The maximum absolute atomic E-state index is 11.8. The fourth-order valence-electron chi connectivity index (χ4n) is 4.15. The number of nitrogens with zero attached hydrogens (tertiary/aromatic N) is 3. The van der Waals surface area contributed by atoms with Crippen LogP contribution in [0.3, 0.4) is 0 Å². The van der Waals surface area contributed by atoms with Gasteiger partial charge in [-0.1, -0.05) is 29.8 Å². The highest BCUT2D eigenvalue weighted by molar-refractivity contribution is 6.41. The highest BCUT2D eigenvalue weighted by atomic mass is 35.5. The summed E-state index contributed by atoms with van der Waals surface area (Å²) in [6, 6.07) is 7.18. The molecule has 2 unspecified atom stereocenters. The Bertz CT molecular complexity index is 1240. The highest BCUT2D eigenvalue weighted by Crippen LogP contribution is 2.45. The zero-order valence-corrected chi connectivity index (χ0v) is 21.4. The van der Waals surface area contributed by atoms with Crippen molar-refractivity contribution in [3.63, 3.8) is 0 Å². The van der Waals surface area contributed by atoms with Crippen LogP contribution in [0, 0.1) is 0 Å². The average molecular weight is 529 g/mol. The molecule has 2 aromatic heterocycles. The van der Waals surface area contributed by atoms with E-state index < -0.39 is 0 Å². The first kappa shape index (κ1) is 25.5. The third kappa shape index (κ3) is 5.47. The number of hydrogen-bond donors (Lipinski definition) is 3. The smallest absolute Gasteiger partial charge is 0.243 e. The molecule has 188 valence electrons. The molecule has 2 heterocycles. The zero-order chi connectivity index (χ0) is 25.7. The summed E-state index contributed by atoms with van der Waals surface area (Å²) < 4.78 is 10.7. The largest absolute Gasteiger partial charge is 0.495 e. The minimum Gasteiger partial charge on any atom is -0.495 e. The van der Waals surface area contributed by atoms with Gasteiger partial charge in [0.25, 0.3) is 0 Å². The summed E-state index contributed by atoms with van der Waals surface area (Å²) in [5, 5.41) is 10.2. The molecule has 1 amide bonds. The molecule has 9 nitrogen and oxygen atoms in total. The normalized spacial score (nSPS) is 16.8. The summed E-state index contributed by atoms with van der Waals surface area (Å²) in [7, 11) is 3.02. The predicted molar refractivity (Wildman–Crippen MR) is 142 cm³/mol. The van der Waals surface area contributed by atoms with Crippen LogP contribution >= 0.6 is 23.2 Å². The molecule has 3 N–H and O–H groups in total. The van der Waals surface area contributed by atoms with E-state index >= 15 is 0 Å². The van der Waals surface area contributed by atoms with Crippen LogP contribution in [0.2, 0.25) is 10.0 Å². The average Bonchev–Trinajstić information content (AvgIpc) is 3.33. The zero-order valence-electron chi connectivity index (χ0n) is 19.8. The van der Waals surface area contributed by atoms with Gasteiger partial charge in [-0.3, -0.25) is 4.79 Å². The molecule has 1 aliphatic rings. The van der Waals surface area contributed by atoms with Gasteiger partial charge in [-0.05, 0) is 37.5 Å². The molecule has 0 spiro atoms. The summed E-state index contributed by atoms with van der Waals surface area (Å²) in [4.78, 5) is 25.1. The van der Waals surface area contributed by atoms with E-state index in [1.165, 1.54) is 26.6 Å². The van der Waals surface area contributed by atoms with Crippen LogP contribution in [0.4, 0.5) is 17.3 Å². The summed E-state index contributed by atoms with van der Waals surface area (Å²) >= 11 is 13.1. The van der Waals surface area contributed by atoms with Crippen molar-refractivity contribution in [2.75, 3.05) is 24.9 Å². The maximum Gasteiger partial charge on any atom is 0.243 e. The molecule has 0 bridgehead atoms. The van der Waals surface area contributed by atoms with Crippen molar-refractivity contribution in [3.8, 4) is 22.8 Å². The number of carbonyl (C=O) groups is 1. The number of pyridine rings is 1. The summed E-state index contributed by atoms with van der Waals surface area (Å²) in [6.07, 6.45) is 7.21. The third-order valence-electron chi connectivity index (χ3n) is 5.93. The highest BCUT2D eigenvalue weighted by Gasteiger charge is 2.28. The minimum absolute atomic E-state index is 0.00291. The van der Waals surface area contributed by atoms with E-state index in [4.69, 9.17) is 32.7 Å². The van der Waals surface area contributed by atoms with Crippen molar-refractivity contribution in [2.24, 2.45) is 0 Å². The Morgan fingerprint density at radius 3 is 2.50 bits per heavy atom. The number of methoxy groups -OCH3 is 2. The van der Waals surface area contributed by atoms with Crippen LogP contribution in [0.1, 0.15) is 19.3 Å². The number of amides is 1. The van der Waals surface area contributed by atoms with Crippen LogP contribution in [-0.4, -0.2) is 47.2 Å². The number of carbonyl (C=O) groups excluding carboxylic acids is 1. The van der Waals surface area contributed by atoms with Gasteiger partial charge in [0.05, 0.1) is 25.6 Å². The molecule has 0 saturated heterocycles. The van der Waals surface area contributed by atoms with Gasteiger partial charge in [-0.15, -0.1) is 0 Å². The Morgan fingerprint density at radius 2 is 1.81 bits per heavy atom. The molecule has 1 aromatic carbocycles. The topological polar surface area (TPSA) is 110 Å². The van der Waals surface area contributed by atoms with Crippen LogP contribution in [0.15, 0.2) is 49.4 Å². The standard InChI is InChI=1S/C25H26Cl2N6O3/c1-4-21(34)32-16-9-5-8-15(16)31-20-11-17(29-13-30-20)14-7-6-10-28-25(14)33-24-22(26)18(35-2)12-19(36-3)23(24)27/h4,6-7,10-13,15-16H,1,5,8-9H2,2-3H3,(H,28,33)(H,32,34)(H,29,30,31). The Labute approximate surface area is 219 Å². The molecule has 3 aromatic rings. The lowest BCUT2D eigenvalue weighted by Gasteiger charge is -2.22. The quantitative estimate of drug-likeness (QED) is 0.323. The molecular formula is C25H26Cl2N6O3. The van der Waals surface area contributed by atoms with Crippen molar-refractivity contribution in [3.05, 3.63) is 59.5 Å². The number of halogens is 2. The van der Waals surface area contributed by atoms with Crippen LogP contribution in [-0.2, 0) is 4.79 Å². The molecule has 2 atom stereocenters. The van der Waals surface area contributed by atoms with E-state index in [0.29, 0.717) is 50.1 Å². The van der Waals surface area contributed by atoms with Gasteiger partial charge in [-0.2, -0.15) is 0 Å². The molecule has 1 fully saturated rings. The minimum atomic E-state index is -0.186. The predicted octanol–water partition coefficient (Wildman–Crippen LogP) is 5.24. The summed E-state index contributed by atoms with van der Waals surface area (Å²) in [5.74, 6) is 1.74. The van der Waals surface area contributed by atoms with Gasteiger partial charge in [-0.25, -0.2) is 15.0 Å². The molecule has 0 radical (unpaired) electrons. The molecule has 11 heteroatoms. The number of hydrogen-bond acceptors (Lipinski definition) is 8. The first-order chi connectivity index (χ1) is 17.4. The van der Waals surface area contributed by atoms with Gasteiger partial charge in [0.2, 0.25) is 5.91 Å². The molecule has 0 aliphatic heterocycles. The summed E-state index contributed by atoms with van der Waals surface area (Å²) in [5.41, 5.74) is 1.74. The molecule has 4 rings (SSSR count). The monoisotopic (exact) mass is 528 g/mol. The van der Waals surface area contributed by atoms with Gasteiger partial charge in [0, 0.05) is 36.0 Å². The lowest BCUT2D eigenvalue weighted by Crippen LogP contribution is -2.42. The number of anilines is 3. The van der Waals surface area contributed by atoms with Crippen LogP contribution in [0.5, 0.6) is 11.5 Å². The molecular weight excluding hydrogens is 503 g/mol. The number of nitrogens with one attached hydrogen (secondary N) is 3. The van der Waals surface area contributed by atoms with E-state index in [-0.39, 0.29) is 18.0 Å². The lowest BCUT2D eigenvalue weighted by atomic mass is 10.1. The van der Waals surface area contributed by atoms with Crippen molar-refractivity contribution in [1.82, 2.24) is 20.3 Å². The Kier molecular flexibility index (Phi) is 8.12. The number of rotatable bonds is 9. The van der Waals surface area contributed by atoms with Crippen molar-refractivity contribution in [1.29, 1.82) is 0 Å².